The molecular weight excluding hydrogens is 200 g/mol. The van der Waals surface area contributed by atoms with E-state index >= 15 is 0 Å². The fraction of sp³-hybridized carbons (Fsp3) is 0.800. The molecule has 1 saturated carbocycles. The second-order valence-corrected chi connectivity index (χ2v) is 7.39. The summed E-state index contributed by atoms with van der Waals surface area (Å²) in [6.45, 7) is 2.79. The largest absolute Gasteiger partial charge is 0.367 e. The average Bonchev–Trinajstić information content (AvgIpc) is 2.65. The van der Waals surface area contributed by atoms with Crippen LogP contribution >= 0.6 is 11.6 Å². The zero-order valence-corrected chi connectivity index (χ0v) is 10.3. The van der Waals surface area contributed by atoms with Gasteiger partial charge in [0.2, 0.25) is 0 Å². The second kappa shape index (κ2) is 4.16. The van der Waals surface area contributed by atoms with Crippen molar-refractivity contribution >= 4 is 21.1 Å². The number of rotatable bonds is 4. The van der Waals surface area contributed by atoms with Gasteiger partial charge in [-0.3, -0.25) is 0 Å². The first-order chi connectivity index (χ1) is 6.29. The van der Waals surface area contributed by atoms with Crippen LogP contribution in [-0.4, -0.2) is 21.3 Å². The lowest BCUT2D eigenvalue weighted by Gasteiger charge is -2.20. The van der Waals surface area contributed by atoms with Crippen LogP contribution < -0.4 is 0 Å². The van der Waals surface area contributed by atoms with E-state index in [0.29, 0.717) is 0 Å². The van der Waals surface area contributed by atoms with E-state index in [-0.39, 0.29) is 14.7 Å². The Morgan fingerprint density at radius 1 is 1.69 bits per heavy atom. The SMILES string of the molecule is CCOC(Cl)[SiH2]C1CC2=CCC1C2. The summed E-state index contributed by atoms with van der Waals surface area (Å²) < 4.78 is 5.42. The van der Waals surface area contributed by atoms with Crippen LogP contribution in [0.1, 0.15) is 26.2 Å². The first kappa shape index (κ1) is 9.75. The van der Waals surface area contributed by atoms with Crippen LogP contribution in [0.2, 0.25) is 5.54 Å². The Hall–Kier alpha value is 0.207. The van der Waals surface area contributed by atoms with E-state index in [1.165, 1.54) is 19.3 Å². The fourth-order valence-corrected chi connectivity index (χ4v) is 5.56. The average molecular weight is 217 g/mol. The lowest BCUT2D eigenvalue weighted by molar-refractivity contribution is 0.165. The van der Waals surface area contributed by atoms with E-state index in [9.17, 15) is 0 Å². The van der Waals surface area contributed by atoms with Crippen molar-refractivity contribution in [1.29, 1.82) is 0 Å². The number of hydrogen-bond donors (Lipinski definition) is 0. The van der Waals surface area contributed by atoms with Crippen molar-refractivity contribution in [2.45, 2.75) is 36.9 Å². The highest BCUT2D eigenvalue weighted by Gasteiger charge is 2.35. The Morgan fingerprint density at radius 3 is 3.08 bits per heavy atom. The van der Waals surface area contributed by atoms with Gasteiger partial charge in [0.15, 0.2) is 0 Å². The predicted molar refractivity (Wildman–Crippen MR) is 59.0 cm³/mol. The molecule has 2 rings (SSSR count). The van der Waals surface area contributed by atoms with E-state index in [1.54, 1.807) is 5.57 Å². The Balaban J connectivity index is 1.80. The molecule has 0 saturated heterocycles. The van der Waals surface area contributed by atoms with Gasteiger partial charge >= 0.3 is 0 Å². The molecule has 3 unspecified atom stereocenters. The van der Waals surface area contributed by atoms with Crippen LogP contribution in [0.25, 0.3) is 0 Å². The highest BCUT2D eigenvalue weighted by atomic mass is 35.5. The Labute approximate surface area is 87.3 Å². The summed E-state index contributed by atoms with van der Waals surface area (Å²) in [5, 5.41) is 0.0787. The molecule has 0 aromatic rings. The summed E-state index contributed by atoms with van der Waals surface area (Å²) in [5.41, 5.74) is 2.64. The maximum absolute atomic E-state index is 6.12. The quantitative estimate of drug-likeness (QED) is 0.398. The van der Waals surface area contributed by atoms with Gasteiger partial charge in [0.25, 0.3) is 0 Å². The van der Waals surface area contributed by atoms with Crippen LogP contribution in [0.5, 0.6) is 0 Å². The fourth-order valence-electron chi connectivity index (χ4n) is 2.61. The van der Waals surface area contributed by atoms with Crippen molar-refractivity contribution in [3.05, 3.63) is 11.6 Å². The van der Waals surface area contributed by atoms with Crippen molar-refractivity contribution < 1.29 is 4.74 Å². The molecule has 1 fully saturated rings. The van der Waals surface area contributed by atoms with Crippen molar-refractivity contribution in [3.63, 3.8) is 0 Å². The summed E-state index contributed by atoms with van der Waals surface area (Å²) >= 11 is 6.12. The number of allylic oxidation sites excluding steroid dienone is 2. The van der Waals surface area contributed by atoms with E-state index in [2.05, 4.69) is 6.08 Å². The lowest BCUT2D eigenvalue weighted by atomic mass is 10.1. The third kappa shape index (κ3) is 2.17. The molecule has 1 nitrogen and oxygen atoms in total. The summed E-state index contributed by atoms with van der Waals surface area (Å²) in [5.74, 6) is 0.948. The third-order valence-electron chi connectivity index (χ3n) is 3.26. The highest BCUT2D eigenvalue weighted by molar-refractivity contribution is 6.53. The zero-order valence-electron chi connectivity index (χ0n) is 8.13. The molecule has 0 heterocycles. The summed E-state index contributed by atoms with van der Waals surface area (Å²) in [6, 6.07) is 0. The number of hydrogen-bond acceptors (Lipinski definition) is 1. The van der Waals surface area contributed by atoms with Crippen LogP contribution in [0.4, 0.5) is 0 Å². The molecule has 13 heavy (non-hydrogen) atoms. The van der Waals surface area contributed by atoms with E-state index < -0.39 is 0 Å². The van der Waals surface area contributed by atoms with Crippen LogP contribution in [0.15, 0.2) is 11.6 Å². The first-order valence-electron chi connectivity index (χ1n) is 5.23. The normalized spacial score (nSPS) is 34.5. The summed E-state index contributed by atoms with van der Waals surface area (Å²) in [4.78, 5) is 0. The topological polar surface area (TPSA) is 9.23 Å². The minimum Gasteiger partial charge on any atom is -0.367 e. The second-order valence-electron chi connectivity index (χ2n) is 4.13. The van der Waals surface area contributed by atoms with Gasteiger partial charge in [-0.1, -0.05) is 23.3 Å². The molecule has 3 heteroatoms. The van der Waals surface area contributed by atoms with Crippen molar-refractivity contribution in [3.8, 4) is 0 Å². The van der Waals surface area contributed by atoms with E-state index in [0.717, 1.165) is 18.1 Å². The van der Waals surface area contributed by atoms with Gasteiger partial charge in [0.05, 0.1) is 9.52 Å². The van der Waals surface area contributed by atoms with Crippen LogP contribution in [0.3, 0.4) is 0 Å². The Kier molecular flexibility index (Phi) is 3.12. The van der Waals surface area contributed by atoms with Gasteiger partial charge in [-0.25, -0.2) is 0 Å². The molecule has 0 amide bonds. The zero-order chi connectivity index (χ0) is 9.26. The molecule has 3 atom stereocenters. The van der Waals surface area contributed by atoms with Gasteiger partial charge in [0, 0.05) is 6.61 Å². The molecule has 2 aliphatic rings. The Morgan fingerprint density at radius 2 is 2.54 bits per heavy atom. The van der Waals surface area contributed by atoms with Gasteiger partial charge < -0.3 is 4.74 Å². The number of halogens is 1. The minimum absolute atomic E-state index is 0.0787. The smallest absolute Gasteiger partial charge is 0.112 e. The third-order valence-corrected chi connectivity index (χ3v) is 6.09. The standard InChI is InChI=1S/C10H17ClOSi/c1-2-12-10(11)13-9-6-7-3-4-8(9)5-7/h3,8-10H,2,4-6,13H2,1H3. The molecule has 0 aromatic carbocycles. The van der Waals surface area contributed by atoms with Gasteiger partial charge in [0.1, 0.15) is 5.19 Å². The van der Waals surface area contributed by atoms with Gasteiger partial charge in [-0.15, -0.1) is 0 Å². The van der Waals surface area contributed by atoms with E-state index in [4.69, 9.17) is 16.3 Å². The molecule has 0 radical (unpaired) electrons. The molecular formula is C10H17ClOSi. The van der Waals surface area contributed by atoms with E-state index in [1.807, 2.05) is 6.92 Å². The molecule has 0 aromatic heterocycles. The molecule has 0 aliphatic heterocycles. The molecule has 74 valence electrons. The lowest BCUT2D eigenvalue weighted by Crippen LogP contribution is -2.21. The molecule has 2 aliphatic carbocycles. The van der Waals surface area contributed by atoms with Gasteiger partial charge in [-0.2, -0.15) is 0 Å². The minimum atomic E-state index is -0.224. The monoisotopic (exact) mass is 216 g/mol. The first-order valence-corrected chi connectivity index (χ1v) is 7.30. The van der Waals surface area contributed by atoms with Gasteiger partial charge in [-0.05, 0) is 37.6 Å². The van der Waals surface area contributed by atoms with Crippen molar-refractivity contribution in [2.75, 3.05) is 6.61 Å². The number of ether oxygens (including phenoxy) is 1. The molecule has 2 bridgehead atoms. The maximum atomic E-state index is 6.12. The molecule has 0 N–H and O–H groups in total. The van der Waals surface area contributed by atoms with Crippen molar-refractivity contribution in [1.82, 2.24) is 0 Å². The number of fused-ring (bicyclic) bond motifs is 2. The maximum Gasteiger partial charge on any atom is 0.112 e. The highest BCUT2D eigenvalue weighted by Crippen LogP contribution is 2.47. The van der Waals surface area contributed by atoms with Crippen LogP contribution in [-0.2, 0) is 4.74 Å². The van der Waals surface area contributed by atoms with Crippen LogP contribution in [0, 0.1) is 5.92 Å². The summed E-state index contributed by atoms with van der Waals surface area (Å²) in [7, 11) is -0.224. The molecule has 0 spiro atoms. The predicted octanol–water partition coefficient (Wildman–Crippen LogP) is 2.24. The van der Waals surface area contributed by atoms with Crippen molar-refractivity contribution in [2.24, 2.45) is 5.92 Å². The summed E-state index contributed by atoms with van der Waals surface area (Å²) in [6.07, 6.45) is 6.46. The number of alkyl halides is 1. The Bertz CT molecular complexity index is 217.